The summed E-state index contributed by atoms with van der Waals surface area (Å²) in [4.78, 5) is 4.18. The maximum atomic E-state index is 13.5. The van der Waals surface area contributed by atoms with Crippen molar-refractivity contribution in [1.82, 2.24) is 10.1 Å². The third-order valence-electron chi connectivity index (χ3n) is 2.54. The molecule has 0 atom stereocenters. The zero-order valence-electron chi connectivity index (χ0n) is 9.34. The molecule has 3 aromatic rings. The molecule has 0 unspecified atom stereocenters. The molecule has 0 amide bonds. The van der Waals surface area contributed by atoms with Crippen LogP contribution in [-0.2, 0) is 6.42 Å². The number of rotatable bonds is 3. The molecule has 1 aromatic carbocycles. The van der Waals surface area contributed by atoms with Gasteiger partial charge < -0.3 is 8.94 Å². The van der Waals surface area contributed by atoms with Crippen molar-refractivity contribution in [1.29, 1.82) is 0 Å². The number of furan rings is 1. The highest BCUT2D eigenvalue weighted by atomic mass is 19.1. The van der Waals surface area contributed by atoms with Crippen LogP contribution in [0.4, 0.5) is 4.39 Å². The van der Waals surface area contributed by atoms with E-state index in [4.69, 9.17) is 8.94 Å². The van der Waals surface area contributed by atoms with Gasteiger partial charge in [-0.15, -0.1) is 0 Å². The Kier molecular flexibility index (Phi) is 2.64. The van der Waals surface area contributed by atoms with Crippen LogP contribution in [0.3, 0.4) is 0 Å². The third kappa shape index (κ3) is 2.02. The topological polar surface area (TPSA) is 52.1 Å². The fraction of sp³-hybridized carbons (Fsp3) is 0.0769. The Morgan fingerprint density at radius 3 is 2.83 bits per heavy atom. The van der Waals surface area contributed by atoms with Crippen LogP contribution in [0.1, 0.15) is 11.4 Å². The second-order valence-corrected chi connectivity index (χ2v) is 3.80. The van der Waals surface area contributed by atoms with Crippen molar-refractivity contribution >= 4 is 0 Å². The quantitative estimate of drug-likeness (QED) is 0.710. The van der Waals surface area contributed by atoms with Crippen LogP contribution >= 0.6 is 0 Å². The average molecular weight is 244 g/mol. The summed E-state index contributed by atoms with van der Waals surface area (Å²) in [5, 5.41) is 3.81. The standard InChI is InChI=1S/C13H9FN2O2/c14-11-4-2-1-3-9(11)7-12-15-13(18-16-12)10-5-6-17-8-10/h1-6,8H,7H2. The van der Waals surface area contributed by atoms with E-state index >= 15 is 0 Å². The predicted octanol–water partition coefficient (Wildman–Crippen LogP) is 3.06. The minimum Gasteiger partial charge on any atom is -0.472 e. The summed E-state index contributed by atoms with van der Waals surface area (Å²) in [5.41, 5.74) is 1.25. The van der Waals surface area contributed by atoms with E-state index in [0.717, 1.165) is 0 Å². The first kappa shape index (κ1) is 10.7. The van der Waals surface area contributed by atoms with Gasteiger partial charge in [-0.3, -0.25) is 0 Å². The van der Waals surface area contributed by atoms with Gasteiger partial charge in [-0.05, 0) is 17.7 Å². The highest BCUT2D eigenvalue weighted by Gasteiger charge is 2.11. The van der Waals surface area contributed by atoms with Crippen molar-refractivity contribution in [2.45, 2.75) is 6.42 Å². The number of hydrogen-bond donors (Lipinski definition) is 0. The monoisotopic (exact) mass is 244 g/mol. The van der Waals surface area contributed by atoms with Crippen molar-refractivity contribution < 1.29 is 13.3 Å². The van der Waals surface area contributed by atoms with Crippen molar-refractivity contribution in [3.8, 4) is 11.5 Å². The van der Waals surface area contributed by atoms with E-state index in [1.807, 2.05) is 0 Å². The molecule has 5 heteroatoms. The summed E-state index contributed by atoms with van der Waals surface area (Å²) in [7, 11) is 0. The maximum absolute atomic E-state index is 13.5. The molecule has 3 rings (SSSR count). The van der Waals surface area contributed by atoms with Crippen LogP contribution in [0.15, 0.2) is 51.8 Å². The van der Waals surface area contributed by atoms with E-state index in [-0.39, 0.29) is 5.82 Å². The molecule has 18 heavy (non-hydrogen) atoms. The number of halogens is 1. The van der Waals surface area contributed by atoms with Gasteiger partial charge in [0, 0.05) is 6.42 Å². The fourth-order valence-corrected chi connectivity index (χ4v) is 1.64. The number of nitrogens with zero attached hydrogens (tertiary/aromatic N) is 2. The fourth-order valence-electron chi connectivity index (χ4n) is 1.64. The van der Waals surface area contributed by atoms with Crippen LogP contribution < -0.4 is 0 Å². The molecule has 0 bridgehead atoms. The summed E-state index contributed by atoms with van der Waals surface area (Å²) >= 11 is 0. The Morgan fingerprint density at radius 2 is 2.06 bits per heavy atom. The van der Waals surface area contributed by atoms with Gasteiger partial charge in [0.15, 0.2) is 5.82 Å². The van der Waals surface area contributed by atoms with Crippen molar-refractivity contribution in [3.05, 3.63) is 60.1 Å². The van der Waals surface area contributed by atoms with Crippen molar-refractivity contribution in [3.63, 3.8) is 0 Å². The van der Waals surface area contributed by atoms with Crippen LogP contribution in [0.5, 0.6) is 0 Å². The van der Waals surface area contributed by atoms with Crippen molar-refractivity contribution in [2.24, 2.45) is 0 Å². The lowest BCUT2D eigenvalue weighted by atomic mass is 10.1. The Balaban J connectivity index is 1.85. The molecule has 90 valence electrons. The first-order chi connectivity index (χ1) is 8.83. The molecule has 0 spiro atoms. The van der Waals surface area contributed by atoms with E-state index in [0.29, 0.717) is 29.3 Å². The molecule has 2 aromatic heterocycles. The van der Waals surface area contributed by atoms with Crippen LogP contribution in [0.25, 0.3) is 11.5 Å². The molecule has 0 aliphatic carbocycles. The van der Waals surface area contributed by atoms with Crippen LogP contribution in [0.2, 0.25) is 0 Å². The first-order valence-corrected chi connectivity index (χ1v) is 5.41. The van der Waals surface area contributed by atoms with E-state index in [2.05, 4.69) is 10.1 Å². The maximum Gasteiger partial charge on any atom is 0.261 e. The van der Waals surface area contributed by atoms with Gasteiger partial charge in [0.05, 0.1) is 11.8 Å². The molecule has 0 fully saturated rings. The lowest BCUT2D eigenvalue weighted by Crippen LogP contribution is -1.94. The van der Waals surface area contributed by atoms with Gasteiger partial charge in [0.2, 0.25) is 0 Å². The van der Waals surface area contributed by atoms with Crippen LogP contribution in [0, 0.1) is 5.82 Å². The van der Waals surface area contributed by atoms with Gasteiger partial charge in [-0.1, -0.05) is 23.4 Å². The predicted molar refractivity (Wildman–Crippen MR) is 61.2 cm³/mol. The lowest BCUT2D eigenvalue weighted by molar-refractivity contribution is 0.423. The van der Waals surface area contributed by atoms with E-state index in [1.54, 1.807) is 24.3 Å². The summed E-state index contributed by atoms with van der Waals surface area (Å²) in [5.74, 6) is 0.540. The first-order valence-electron chi connectivity index (χ1n) is 5.41. The molecule has 0 saturated heterocycles. The normalized spacial score (nSPS) is 10.7. The second-order valence-electron chi connectivity index (χ2n) is 3.80. The van der Waals surface area contributed by atoms with E-state index in [1.165, 1.54) is 18.6 Å². The molecule has 4 nitrogen and oxygen atoms in total. The minimum absolute atomic E-state index is 0.271. The molecule has 2 heterocycles. The summed E-state index contributed by atoms with van der Waals surface area (Å²) in [6, 6.07) is 8.25. The Hall–Kier alpha value is -2.43. The molecule has 0 aliphatic heterocycles. The molecule has 0 radical (unpaired) electrons. The molecule has 0 aliphatic rings. The zero-order valence-corrected chi connectivity index (χ0v) is 9.34. The molecule has 0 saturated carbocycles. The molecular formula is C13H9FN2O2. The Labute approximate surface area is 102 Å². The van der Waals surface area contributed by atoms with Gasteiger partial charge in [-0.25, -0.2) is 4.39 Å². The third-order valence-corrected chi connectivity index (χ3v) is 2.54. The SMILES string of the molecule is Fc1ccccc1Cc1noc(-c2ccoc2)n1. The van der Waals surface area contributed by atoms with E-state index < -0.39 is 0 Å². The van der Waals surface area contributed by atoms with Crippen molar-refractivity contribution in [2.75, 3.05) is 0 Å². The minimum atomic E-state index is -0.271. The lowest BCUT2D eigenvalue weighted by Gasteiger charge is -1.97. The van der Waals surface area contributed by atoms with Gasteiger partial charge in [0.25, 0.3) is 5.89 Å². The summed E-state index contributed by atoms with van der Waals surface area (Å²) < 4.78 is 23.5. The van der Waals surface area contributed by atoms with Crippen LogP contribution in [-0.4, -0.2) is 10.1 Å². The zero-order chi connectivity index (χ0) is 12.4. The Bertz CT molecular complexity index is 647. The summed E-state index contributed by atoms with van der Waals surface area (Å²) in [6.07, 6.45) is 3.34. The smallest absolute Gasteiger partial charge is 0.261 e. The summed E-state index contributed by atoms with van der Waals surface area (Å²) in [6.45, 7) is 0. The second kappa shape index (κ2) is 4.44. The Morgan fingerprint density at radius 1 is 1.17 bits per heavy atom. The largest absolute Gasteiger partial charge is 0.472 e. The highest BCUT2D eigenvalue weighted by Crippen LogP contribution is 2.18. The van der Waals surface area contributed by atoms with Gasteiger partial charge in [-0.2, -0.15) is 4.98 Å². The number of aromatic nitrogens is 2. The molecular weight excluding hydrogens is 235 g/mol. The van der Waals surface area contributed by atoms with Gasteiger partial charge >= 0.3 is 0 Å². The highest BCUT2D eigenvalue weighted by molar-refractivity contribution is 5.49. The average Bonchev–Trinajstić information content (AvgIpc) is 3.02. The van der Waals surface area contributed by atoms with Gasteiger partial charge in [0.1, 0.15) is 12.1 Å². The molecule has 0 N–H and O–H groups in total. The number of hydrogen-bond acceptors (Lipinski definition) is 4. The van der Waals surface area contributed by atoms with E-state index in [9.17, 15) is 4.39 Å². The number of benzene rings is 1.